The lowest BCUT2D eigenvalue weighted by atomic mass is 10.1. The van der Waals surface area contributed by atoms with Crippen LogP contribution in [-0.2, 0) is 0 Å². The summed E-state index contributed by atoms with van der Waals surface area (Å²) in [5, 5.41) is 17.5. The van der Waals surface area contributed by atoms with Crippen LogP contribution in [0.2, 0.25) is 0 Å². The standard InChI is InChI=1S/C11H4N3O2/c12-4-8-1-2-10(9(3-8)5-13)16-11-6-14-7-15-11/h1-3,6H. The molecule has 0 N–H and O–H groups in total. The van der Waals surface area contributed by atoms with Gasteiger partial charge >= 0.3 is 5.95 Å². The maximum Gasteiger partial charge on any atom is 0.311 e. The maximum atomic E-state index is 8.87. The van der Waals surface area contributed by atoms with Gasteiger partial charge in [0.05, 0.1) is 17.2 Å². The highest BCUT2D eigenvalue weighted by atomic mass is 16.6. The van der Waals surface area contributed by atoms with Crippen molar-refractivity contribution in [3.8, 4) is 23.8 Å². The number of rotatable bonds is 2. The summed E-state index contributed by atoms with van der Waals surface area (Å²) < 4.78 is 10.0. The van der Waals surface area contributed by atoms with Gasteiger partial charge in [-0.15, -0.1) is 0 Å². The van der Waals surface area contributed by atoms with Gasteiger partial charge in [0.15, 0.2) is 0 Å². The molecule has 0 unspecified atom stereocenters. The highest BCUT2D eigenvalue weighted by Crippen LogP contribution is 2.25. The fourth-order valence-corrected chi connectivity index (χ4v) is 1.11. The van der Waals surface area contributed by atoms with Crippen LogP contribution in [0.4, 0.5) is 0 Å². The van der Waals surface area contributed by atoms with Crippen LogP contribution in [0.3, 0.4) is 0 Å². The molecule has 1 aromatic carbocycles. The van der Waals surface area contributed by atoms with Gasteiger partial charge in [-0.05, 0) is 18.2 Å². The van der Waals surface area contributed by atoms with E-state index in [4.69, 9.17) is 19.7 Å². The summed E-state index contributed by atoms with van der Waals surface area (Å²) >= 11 is 0. The zero-order valence-electron chi connectivity index (χ0n) is 7.97. The van der Waals surface area contributed by atoms with Crippen LogP contribution in [0.1, 0.15) is 11.1 Å². The first-order chi connectivity index (χ1) is 7.83. The molecule has 0 bridgehead atoms. The minimum Gasteiger partial charge on any atom is -0.423 e. The van der Waals surface area contributed by atoms with Gasteiger partial charge in [0.1, 0.15) is 18.0 Å². The van der Waals surface area contributed by atoms with Crippen molar-refractivity contribution in [1.82, 2.24) is 4.98 Å². The first-order valence-electron chi connectivity index (χ1n) is 4.27. The molecule has 0 spiro atoms. The number of benzene rings is 1. The van der Waals surface area contributed by atoms with Crippen molar-refractivity contribution in [2.24, 2.45) is 0 Å². The summed E-state index contributed by atoms with van der Waals surface area (Å²) in [6.07, 6.45) is 3.56. The number of ether oxygens (including phenoxy) is 1. The van der Waals surface area contributed by atoms with E-state index in [-0.39, 0.29) is 11.5 Å². The molecule has 0 saturated heterocycles. The maximum absolute atomic E-state index is 8.87. The van der Waals surface area contributed by atoms with Crippen molar-refractivity contribution in [1.29, 1.82) is 10.5 Å². The molecule has 0 aliphatic carbocycles. The van der Waals surface area contributed by atoms with E-state index in [1.165, 1.54) is 18.3 Å². The zero-order chi connectivity index (χ0) is 11.4. The predicted molar refractivity (Wildman–Crippen MR) is 51.3 cm³/mol. The Labute approximate surface area is 91.1 Å². The van der Waals surface area contributed by atoms with Crippen LogP contribution < -0.4 is 4.74 Å². The third-order valence-electron chi connectivity index (χ3n) is 1.81. The van der Waals surface area contributed by atoms with E-state index >= 15 is 0 Å². The summed E-state index contributed by atoms with van der Waals surface area (Å²) in [6.45, 7) is 0. The highest BCUT2D eigenvalue weighted by Gasteiger charge is 2.07. The Morgan fingerprint density at radius 1 is 1.31 bits per heavy atom. The van der Waals surface area contributed by atoms with E-state index in [1.807, 2.05) is 12.1 Å². The molecular formula is C11H4N3O2. The van der Waals surface area contributed by atoms with Crippen LogP contribution >= 0.6 is 0 Å². The lowest BCUT2D eigenvalue weighted by Gasteiger charge is -2.02. The van der Waals surface area contributed by atoms with Crippen molar-refractivity contribution < 1.29 is 9.15 Å². The minimum absolute atomic E-state index is 0.140. The number of hydrogen-bond donors (Lipinski definition) is 0. The molecule has 0 fully saturated rings. The van der Waals surface area contributed by atoms with E-state index < -0.39 is 0 Å². The summed E-state index contributed by atoms with van der Waals surface area (Å²) in [6, 6.07) is 8.39. The SMILES string of the molecule is N#Cc1ccc(Oc2cn[c]o2)c(C#N)c1. The molecular weight excluding hydrogens is 206 g/mol. The Morgan fingerprint density at radius 2 is 2.19 bits per heavy atom. The number of aromatic nitrogens is 1. The van der Waals surface area contributed by atoms with E-state index in [1.54, 1.807) is 6.07 Å². The first kappa shape index (κ1) is 9.75. The average molecular weight is 210 g/mol. The molecule has 1 heterocycles. The summed E-state index contributed by atoms with van der Waals surface area (Å²) in [5.74, 6) is 0.452. The van der Waals surface area contributed by atoms with E-state index in [9.17, 15) is 0 Å². The van der Waals surface area contributed by atoms with Crippen molar-refractivity contribution in [2.45, 2.75) is 0 Å². The molecule has 5 heteroatoms. The van der Waals surface area contributed by atoms with E-state index in [0.717, 1.165) is 0 Å². The normalized spacial score (nSPS) is 9.12. The van der Waals surface area contributed by atoms with Crippen molar-refractivity contribution in [3.63, 3.8) is 0 Å². The van der Waals surface area contributed by atoms with Gasteiger partial charge in [-0.25, -0.2) is 4.98 Å². The minimum atomic E-state index is 0.140. The molecule has 0 aliphatic heterocycles. The molecule has 0 atom stereocenters. The van der Waals surface area contributed by atoms with Gasteiger partial charge in [-0.3, -0.25) is 0 Å². The van der Waals surface area contributed by atoms with Gasteiger partial charge in [-0.2, -0.15) is 10.5 Å². The van der Waals surface area contributed by atoms with E-state index in [2.05, 4.69) is 11.4 Å². The first-order valence-corrected chi connectivity index (χ1v) is 4.27. The second-order valence-electron chi connectivity index (χ2n) is 2.81. The Balaban J connectivity index is 2.36. The smallest absolute Gasteiger partial charge is 0.311 e. The molecule has 0 aliphatic rings. The monoisotopic (exact) mass is 210 g/mol. The second-order valence-corrected chi connectivity index (χ2v) is 2.81. The highest BCUT2D eigenvalue weighted by molar-refractivity contribution is 5.49. The molecule has 5 nitrogen and oxygen atoms in total. The molecule has 2 aromatic rings. The molecule has 2 rings (SSSR count). The van der Waals surface area contributed by atoms with Crippen molar-refractivity contribution in [3.05, 3.63) is 41.9 Å². The van der Waals surface area contributed by atoms with Gasteiger partial charge in [-0.1, -0.05) is 0 Å². The lowest BCUT2D eigenvalue weighted by Crippen LogP contribution is -1.88. The molecule has 16 heavy (non-hydrogen) atoms. The van der Waals surface area contributed by atoms with Crippen molar-refractivity contribution in [2.75, 3.05) is 0 Å². The fourth-order valence-electron chi connectivity index (χ4n) is 1.11. The summed E-state index contributed by atoms with van der Waals surface area (Å²) in [5.41, 5.74) is 0.656. The third kappa shape index (κ3) is 1.84. The lowest BCUT2D eigenvalue weighted by molar-refractivity contribution is 0.342. The molecule has 0 saturated carbocycles. The van der Waals surface area contributed by atoms with Crippen LogP contribution in [0.25, 0.3) is 0 Å². The van der Waals surface area contributed by atoms with E-state index in [0.29, 0.717) is 11.3 Å². The van der Waals surface area contributed by atoms with Gasteiger partial charge in [0.25, 0.3) is 6.39 Å². The van der Waals surface area contributed by atoms with Crippen LogP contribution in [0, 0.1) is 29.1 Å². The Bertz CT molecular complexity index is 576. The Morgan fingerprint density at radius 3 is 2.81 bits per heavy atom. The fraction of sp³-hybridized carbons (Fsp3) is 0. The van der Waals surface area contributed by atoms with Crippen LogP contribution in [0.5, 0.6) is 11.7 Å². The molecule has 75 valence electrons. The predicted octanol–water partition coefficient (Wildman–Crippen LogP) is 2.01. The summed E-state index contributed by atoms with van der Waals surface area (Å²) in [7, 11) is 0. The van der Waals surface area contributed by atoms with Crippen molar-refractivity contribution >= 4 is 0 Å². The van der Waals surface area contributed by atoms with Crippen LogP contribution in [0.15, 0.2) is 28.8 Å². The topological polar surface area (TPSA) is 82.8 Å². The van der Waals surface area contributed by atoms with Gasteiger partial charge in [0, 0.05) is 0 Å². The van der Waals surface area contributed by atoms with Gasteiger partial charge < -0.3 is 9.15 Å². The Hall–Kier alpha value is -2.79. The largest absolute Gasteiger partial charge is 0.423 e. The second kappa shape index (κ2) is 4.16. The number of oxazole rings is 1. The molecule has 0 amide bonds. The number of hydrogen-bond acceptors (Lipinski definition) is 5. The molecule has 1 aromatic heterocycles. The Kier molecular flexibility index (Phi) is 2.53. The molecule has 1 radical (unpaired) electrons. The third-order valence-corrected chi connectivity index (χ3v) is 1.81. The zero-order valence-corrected chi connectivity index (χ0v) is 7.97. The summed E-state index contributed by atoms with van der Waals surface area (Å²) in [4.78, 5) is 3.56. The average Bonchev–Trinajstić information content (AvgIpc) is 2.82. The van der Waals surface area contributed by atoms with Gasteiger partial charge in [0.2, 0.25) is 0 Å². The number of nitriles is 2. The number of nitrogens with zero attached hydrogens (tertiary/aromatic N) is 3. The van der Waals surface area contributed by atoms with Crippen LogP contribution in [-0.4, -0.2) is 4.98 Å². The quantitative estimate of drug-likeness (QED) is 0.756.